The molecule has 0 saturated heterocycles. The van der Waals surface area contributed by atoms with Crippen molar-refractivity contribution in [3.05, 3.63) is 4.13 Å². The number of sulfonamides is 1. The fraction of sp³-hybridized carbons (Fsp3) is 1.00. The van der Waals surface area contributed by atoms with Crippen LogP contribution >= 0.6 is 0 Å². The number of hydrogen-bond donors (Lipinski definition) is 0. The molecule has 5 unspecified atom stereocenters. The molecule has 3 aliphatic carbocycles. The Bertz CT molecular complexity index is 660. The molecule has 5 atom stereocenters. The molecule has 0 aliphatic heterocycles. The van der Waals surface area contributed by atoms with Gasteiger partial charge in [0.2, 0.25) is 10.3 Å². The van der Waals surface area contributed by atoms with Crippen molar-refractivity contribution < 1.29 is 34.2 Å². The highest BCUT2D eigenvalue weighted by molar-refractivity contribution is 8.10. The minimum atomic E-state index is -6.12. The van der Waals surface area contributed by atoms with E-state index >= 15 is 0 Å². The Hall–Kier alpha value is -0.390. The van der Waals surface area contributed by atoms with Crippen LogP contribution < -0.4 is 0 Å². The zero-order valence-electron chi connectivity index (χ0n) is 11.4. The molecular weight excluding hydrogens is 347 g/mol. The molecule has 3 aliphatic rings. The second kappa shape index (κ2) is 5.05. The third-order valence-corrected chi connectivity index (χ3v) is 7.69. The summed E-state index contributed by atoms with van der Waals surface area (Å²) in [5.74, 6) is 1.16. The van der Waals surface area contributed by atoms with Crippen molar-refractivity contribution in [2.75, 3.05) is 0 Å². The summed E-state index contributed by atoms with van der Waals surface area (Å²) < 4.78 is 88.0. The fourth-order valence-corrected chi connectivity index (χ4v) is 6.43. The first kappa shape index (κ1) is 16.5. The topological polar surface area (TPSA) is 91.6 Å². The molecule has 3 fully saturated rings. The minimum absolute atomic E-state index is 0.0314. The Kier molecular flexibility index (Phi) is 3.78. The number of alkyl halides is 3. The smallest absolute Gasteiger partial charge is 0.404 e. The predicted molar refractivity (Wildman–Crippen MR) is 69.2 cm³/mol. The van der Waals surface area contributed by atoms with Crippen LogP contribution in [-0.2, 0) is 24.5 Å². The largest absolute Gasteiger partial charge is 0.480 e. The first-order valence-electron chi connectivity index (χ1n) is 6.99. The lowest BCUT2D eigenvalue weighted by Crippen LogP contribution is -2.33. The van der Waals surface area contributed by atoms with Gasteiger partial charge in [0, 0.05) is 0 Å². The van der Waals surface area contributed by atoms with Crippen LogP contribution in [0.5, 0.6) is 0 Å². The van der Waals surface area contributed by atoms with E-state index in [1.165, 1.54) is 0 Å². The van der Waals surface area contributed by atoms with Crippen molar-refractivity contribution in [2.45, 2.75) is 43.7 Å². The lowest BCUT2D eigenvalue weighted by Gasteiger charge is -2.33. The van der Waals surface area contributed by atoms with Crippen LogP contribution in [0.2, 0.25) is 0 Å². The molecule has 3 saturated carbocycles. The average molecular weight is 362 g/mol. The van der Waals surface area contributed by atoms with Crippen LogP contribution in [0.1, 0.15) is 32.1 Å². The predicted octanol–water partition coefficient (Wildman–Crippen LogP) is 2.30. The quantitative estimate of drug-likeness (QED) is 0.765. The van der Waals surface area contributed by atoms with E-state index in [4.69, 9.17) is 4.18 Å². The standard InChI is InChI=1S/C11H15F3NO5S2/c12-11(13,14)21(16,17)15-22(18,19)20-10-5-6-4-9(10)8-3-1-2-7(6)8/h6-10H,1-5H2/q-1. The van der Waals surface area contributed by atoms with Crippen LogP contribution in [0.25, 0.3) is 4.13 Å². The van der Waals surface area contributed by atoms with Gasteiger partial charge in [-0.15, -0.1) is 0 Å². The van der Waals surface area contributed by atoms with Crippen LogP contribution in [0, 0.1) is 23.7 Å². The van der Waals surface area contributed by atoms with E-state index in [1.807, 2.05) is 4.13 Å². The summed E-state index contributed by atoms with van der Waals surface area (Å²) >= 11 is 0. The summed E-state index contributed by atoms with van der Waals surface area (Å²) in [6.45, 7) is 0. The minimum Gasteiger partial charge on any atom is -0.404 e. The summed E-state index contributed by atoms with van der Waals surface area (Å²) in [6.07, 6.45) is 3.59. The Labute approximate surface area is 126 Å². The summed E-state index contributed by atoms with van der Waals surface area (Å²) in [4.78, 5) is 0. The van der Waals surface area contributed by atoms with E-state index in [-0.39, 0.29) is 5.92 Å². The molecule has 22 heavy (non-hydrogen) atoms. The Balaban J connectivity index is 1.69. The lowest BCUT2D eigenvalue weighted by atomic mass is 9.80. The van der Waals surface area contributed by atoms with Gasteiger partial charge in [-0.25, -0.2) is 16.8 Å². The van der Waals surface area contributed by atoms with E-state index < -0.39 is 31.9 Å². The first-order valence-corrected chi connectivity index (χ1v) is 9.79. The van der Waals surface area contributed by atoms with Gasteiger partial charge in [0.1, 0.15) is 0 Å². The fourth-order valence-electron chi connectivity index (χ4n) is 4.45. The average Bonchev–Trinajstić information content (AvgIpc) is 2.94. The van der Waals surface area contributed by atoms with Gasteiger partial charge in [-0.2, -0.15) is 13.2 Å². The van der Waals surface area contributed by atoms with Crippen LogP contribution in [0.3, 0.4) is 0 Å². The monoisotopic (exact) mass is 362 g/mol. The molecular formula is C11H15F3NO5S2-. The third kappa shape index (κ3) is 2.76. The highest BCUT2D eigenvalue weighted by atomic mass is 32.3. The normalized spacial score (nSPS) is 38.4. The molecule has 128 valence electrons. The van der Waals surface area contributed by atoms with Gasteiger partial charge >= 0.3 is 5.51 Å². The van der Waals surface area contributed by atoms with Crippen molar-refractivity contribution in [1.29, 1.82) is 0 Å². The van der Waals surface area contributed by atoms with Crippen molar-refractivity contribution in [3.63, 3.8) is 0 Å². The molecule has 0 N–H and O–H groups in total. The van der Waals surface area contributed by atoms with E-state index in [9.17, 15) is 30.0 Å². The van der Waals surface area contributed by atoms with Crippen LogP contribution in [-0.4, -0.2) is 28.4 Å². The third-order valence-electron chi connectivity index (χ3n) is 5.09. The van der Waals surface area contributed by atoms with Gasteiger partial charge in [-0.05, 0) is 49.4 Å². The maximum atomic E-state index is 12.2. The van der Waals surface area contributed by atoms with Gasteiger partial charge < -0.3 is 4.13 Å². The molecule has 2 bridgehead atoms. The summed E-state index contributed by atoms with van der Waals surface area (Å²) in [6, 6.07) is 0. The molecule has 6 nitrogen and oxygen atoms in total. The molecule has 0 heterocycles. The maximum Gasteiger partial charge on any atom is 0.480 e. The lowest BCUT2D eigenvalue weighted by molar-refractivity contribution is -0.0425. The van der Waals surface area contributed by atoms with Gasteiger partial charge in [0.05, 0.1) is 6.10 Å². The van der Waals surface area contributed by atoms with E-state index in [1.54, 1.807) is 0 Å². The summed E-state index contributed by atoms with van der Waals surface area (Å²) in [5, 5.41) is 0. The molecule has 0 radical (unpaired) electrons. The van der Waals surface area contributed by atoms with Crippen LogP contribution in [0.4, 0.5) is 13.2 Å². The Morgan fingerprint density at radius 2 is 1.59 bits per heavy atom. The van der Waals surface area contributed by atoms with Crippen molar-refractivity contribution in [1.82, 2.24) is 0 Å². The number of halogens is 3. The molecule has 0 aromatic rings. The van der Waals surface area contributed by atoms with Gasteiger partial charge in [-0.1, -0.05) is 6.42 Å². The van der Waals surface area contributed by atoms with Gasteiger partial charge in [0.15, 0.2) is 10.0 Å². The van der Waals surface area contributed by atoms with E-state index in [2.05, 4.69) is 0 Å². The number of hydrogen-bond acceptors (Lipinski definition) is 5. The molecule has 11 heteroatoms. The van der Waals surface area contributed by atoms with Crippen LogP contribution in [0.15, 0.2) is 0 Å². The number of fused-ring (bicyclic) bond motifs is 5. The number of rotatable bonds is 4. The summed E-state index contributed by atoms with van der Waals surface area (Å²) in [5.41, 5.74) is -5.76. The van der Waals surface area contributed by atoms with Gasteiger partial charge in [0.25, 0.3) is 0 Å². The second-order valence-corrected chi connectivity index (χ2v) is 9.27. The van der Waals surface area contributed by atoms with Crippen molar-refractivity contribution in [2.24, 2.45) is 23.7 Å². The Morgan fingerprint density at radius 1 is 0.955 bits per heavy atom. The Morgan fingerprint density at radius 3 is 2.23 bits per heavy atom. The van der Waals surface area contributed by atoms with Crippen molar-refractivity contribution >= 4 is 20.3 Å². The first-order chi connectivity index (χ1) is 10.0. The zero-order chi connectivity index (χ0) is 16.3. The van der Waals surface area contributed by atoms with E-state index in [0.717, 1.165) is 25.7 Å². The number of nitrogens with zero attached hydrogens (tertiary/aromatic N) is 1. The zero-order valence-corrected chi connectivity index (χ0v) is 13.0. The SMILES string of the molecule is O=S(=O)([N-]S(=O)(=O)C(F)(F)F)OC1CC2CC1C1CCCC21. The molecule has 0 aromatic heterocycles. The molecule has 0 amide bonds. The maximum absolute atomic E-state index is 12.2. The van der Waals surface area contributed by atoms with E-state index in [0.29, 0.717) is 24.2 Å². The van der Waals surface area contributed by atoms with Crippen molar-refractivity contribution in [3.8, 4) is 0 Å². The second-order valence-electron chi connectivity index (χ2n) is 6.21. The molecule has 0 spiro atoms. The molecule has 3 rings (SSSR count). The molecule has 0 aromatic carbocycles. The highest BCUT2D eigenvalue weighted by Crippen LogP contribution is 2.59. The highest BCUT2D eigenvalue weighted by Gasteiger charge is 2.55. The summed E-state index contributed by atoms with van der Waals surface area (Å²) in [7, 11) is -11.3. The van der Waals surface area contributed by atoms with Gasteiger partial charge in [-0.3, -0.25) is 4.18 Å².